The van der Waals surface area contributed by atoms with Gasteiger partial charge in [-0.1, -0.05) is 0 Å². The number of pyridine rings is 1. The van der Waals surface area contributed by atoms with E-state index < -0.39 is 0 Å². The van der Waals surface area contributed by atoms with Crippen LogP contribution in [-0.2, 0) is 0 Å². The largest absolute Gasteiger partial charge is 0.394 e. The lowest BCUT2D eigenvalue weighted by molar-refractivity contribution is 0.798. The van der Waals surface area contributed by atoms with Crippen molar-refractivity contribution in [1.29, 1.82) is 0 Å². The van der Waals surface area contributed by atoms with Gasteiger partial charge in [0.15, 0.2) is 0 Å². The molecule has 0 fully saturated rings. The Morgan fingerprint density at radius 2 is 2.11 bits per heavy atom. The quantitative estimate of drug-likeness (QED) is 0.638. The van der Waals surface area contributed by atoms with Crippen LogP contribution in [0.4, 0.5) is 11.4 Å². The maximum absolute atomic E-state index is 6.10. The molecular weight excluding hydrogens is 252 g/mol. The summed E-state index contributed by atoms with van der Waals surface area (Å²) >= 11 is 5.65. The molecule has 0 unspecified atom stereocenters. The van der Waals surface area contributed by atoms with Gasteiger partial charge in [0.05, 0.1) is 5.69 Å². The summed E-state index contributed by atoms with van der Waals surface area (Å²) in [7, 11) is 0. The van der Waals surface area contributed by atoms with Crippen LogP contribution in [0.25, 0.3) is 5.65 Å². The lowest BCUT2D eigenvalue weighted by Gasteiger charge is -2.15. The van der Waals surface area contributed by atoms with E-state index in [1.165, 1.54) is 0 Å². The van der Waals surface area contributed by atoms with Gasteiger partial charge in [0.2, 0.25) is 5.65 Å². The summed E-state index contributed by atoms with van der Waals surface area (Å²) in [6.45, 7) is 4.83. The molecular formula is C11H17ClN6. The van der Waals surface area contributed by atoms with Gasteiger partial charge in [0, 0.05) is 18.1 Å². The molecule has 0 aliphatic carbocycles. The molecule has 98 valence electrons. The minimum absolute atomic E-state index is 0.592. The van der Waals surface area contributed by atoms with E-state index >= 15 is 0 Å². The maximum Gasteiger partial charge on any atom is 0.204 e. The highest BCUT2D eigenvalue weighted by Gasteiger charge is 2.14. The third kappa shape index (κ3) is 2.20. The molecule has 0 aromatic carbocycles. The number of aromatic nitrogens is 4. The normalized spacial score (nSPS) is 11.1. The lowest BCUT2D eigenvalue weighted by atomic mass is 10.1. The van der Waals surface area contributed by atoms with Crippen molar-refractivity contribution in [3.8, 4) is 0 Å². The van der Waals surface area contributed by atoms with Gasteiger partial charge in [-0.05, 0) is 42.7 Å². The average Bonchev–Trinajstić information content (AvgIpc) is 2.85. The van der Waals surface area contributed by atoms with Gasteiger partial charge in [0.1, 0.15) is 5.69 Å². The molecule has 6 nitrogen and oxygen atoms in total. The first-order valence-corrected chi connectivity index (χ1v) is 6.46. The first-order chi connectivity index (χ1) is 8.66. The molecule has 18 heavy (non-hydrogen) atoms. The fraction of sp³-hybridized carbons (Fsp3) is 0.545. The number of halogens is 1. The van der Waals surface area contributed by atoms with E-state index in [9.17, 15) is 0 Å². The van der Waals surface area contributed by atoms with E-state index in [1.54, 1.807) is 4.52 Å². The Labute approximate surface area is 110 Å². The topological polar surface area (TPSA) is 81.1 Å². The minimum Gasteiger partial charge on any atom is -0.394 e. The number of nitrogens with one attached hydrogen (secondary N) is 1. The van der Waals surface area contributed by atoms with E-state index in [2.05, 4.69) is 20.8 Å². The summed E-state index contributed by atoms with van der Waals surface area (Å²) < 4.78 is 1.66. The number of aryl methyl sites for hydroxylation is 1. The Balaban J connectivity index is 2.31. The number of rotatable bonds is 5. The monoisotopic (exact) mass is 268 g/mol. The van der Waals surface area contributed by atoms with E-state index in [4.69, 9.17) is 17.3 Å². The van der Waals surface area contributed by atoms with Crippen LogP contribution < -0.4 is 11.1 Å². The number of nitrogen functional groups attached to an aromatic ring is 1. The van der Waals surface area contributed by atoms with Crippen LogP contribution in [0.1, 0.15) is 24.1 Å². The zero-order valence-corrected chi connectivity index (χ0v) is 11.3. The molecule has 3 N–H and O–H groups in total. The van der Waals surface area contributed by atoms with Crippen LogP contribution in [-0.4, -0.2) is 32.5 Å². The van der Waals surface area contributed by atoms with Gasteiger partial charge in [-0.15, -0.1) is 16.7 Å². The minimum atomic E-state index is 0.592. The Morgan fingerprint density at radius 3 is 2.83 bits per heavy atom. The summed E-state index contributed by atoms with van der Waals surface area (Å²) in [5, 5.41) is 14.9. The van der Waals surface area contributed by atoms with E-state index in [0.717, 1.165) is 36.3 Å². The van der Waals surface area contributed by atoms with Crippen molar-refractivity contribution in [1.82, 2.24) is 20.0 Å². The summed E-state index contributed by atoms with van der Waals surface area (Å²) in [5.41, 5.74) is 10.3. The molecule has 0 bridgehead atoms. The second kappa shape index (κ2) is 5.39. The molecule has 0 saturated heterocycles. The van der Waals surface area contributed by atoms with E-state index in [-0.39, 0.29) is 0 Å². The molecule has 0 aliphatic rings. The summed E-state index contributed by atoms with van der Waals surface area (Å²) in [6.07, 6.45) is 2.00. The highest BCUT2D eigenvalue weighted by atomic mass is 35.5. The second-order valence-corrected chi connectivity index (χ2v) is 4.61. The molecule has 0 saturated carbocycles. The number of hydrogen-bond acceptors (Lipinski definition) is 5. The van der Waals surface area contributed by atoms with Gasteiger partial charge >= 0.3 is 0 Å². The Hall–Kier alpha value is -1.56. The molecule has 0 aliphatic heterocycles. The predicted octanol–water partition coefficient (Wildman–Crippen LogP) is 1.75. The number of tetrazole rings is 1. The lowest BCUT2D eigenvalue weighted by Crippen LogP contribution is -2.10. The van der Waals surface area contributed by atoms with Crippen LogP contribution in [0.15, 0.2) is 0 Å². The smallest absolute Gasteiger partial charge is 0.204 e. The number of anilines is 2. The highest BCUT2D eigenvalue weighted by Crippen LogP contribution is 2.28. The molecule has 0 amide bonds. The van der Waals surface area contributed by atoms with Gasteiger partial charge in [-0.25, -0.2) is 0 Å². The third-order valence-electron chi connectivity index (χ3n) is 3.08. The van der Waals surface area contributed by atoms with Crippen LogP contribution in [0.3, 0.4) is 0 Å². The summed E-state index contributed by atoms with van der Waals surface area (Å²) in [4.78, 5) is 0. The standard InChI is InChI=1S/C11H17ClN6/c1-7-8(2)18-11(15-16-17-18)9(13)10(7)14-6-4-3-5-12/h14H,3-6,13H2,1-2H3. The number of unbranched alkanes of at least 4 members (excludes halogenated alkanes) is 1. The second-order valence-electron chi connectivity index (χ2n) is 4.24. The van der Waals surface area contributed by atoms with Crippen molar-refractivity contribution in [2.24, 2.45) is 0 Å². The van der Waals surface area contributed by atoms with Crippen LogP contribution in [0, 0.1) is 13.8 Å². The van der Waals surface area contributed by atoms with Crippen molar-refractivity contribution in [3.05, 3.63) is 11.3 Å². The van der Waals surface area contributed by atoms with Crippen LogP contribution >= 0.6 is 11.6 Å². The Kier molecular flexibility index (Phi) is 3.86. The predicted molar refractivity (Wildman–Crippen MR) is 73.1 cm³/mol. The molecule has 2 aromatic rings. The van der Waals surface area contributed by atoms with Gasteiger partial charge in [-0.2, -0.15) is 4.52 Å². The molecule has 0 spiro atoms. The SMILES string of the molecule is Cc1c(NCCCCCl)c(N)c2nnnn2c1C. The number of nitrogens with two attached hydrogens (primary N) is 1. The first-order valence-electron chi connectivity index (χ1n) is 5.93. The fourth-order valence-electron chi connectivity index (χ4n) is 1.90. The maximum atomic E-state index is 6.10. The Bertz CT molecular complexity index is 550. The van der Waals surface area contributed by atoms with Crippen molar-refractivity contribution >= 4 is 28.6 Å². The number of fused-ring (bicyclic) bond motifs is 1. The molecule has 7 heteroatoms. The number of hydrogen-bond donors (Lipinski definition) is 2. The fourth-order valence-corrected chi connectivity index (χ4v) is 2.08. The molecule has 2 aromatic heterocycles. The van der Waals surface area contributed by atoms with Crippen molar-refractivity contribution in [2.75, 3.05) is 23.5 Å². The van der Waals surface area contributed by atoms with Crippen LogP contribution in [0.5, 0.6) is 0 Å². The van der Waals surface area contributed by atoms with E-state index in [1.807, 2.05) is 13.8 Å². The molecule has 2 heterocycles. The Morgan fingerprint density at radius 1 is 1.33 bits per heavy atom. The van der Waals surface area contributed by atoms with Crippen LogP contribution in [0.2, 0.25) is 0 Å². The average molecular weight is 269 g/mol. The first kappa shape index (κ1) is 12.9. The van der Waals surface area contributed by atoms with Crippen molar-refractivity contribution < 1.29 is 0 Å². The highest BCUT2D eigenvalue weighted by molar-refractivity contribution is 6.17. The molecule has 0 atom stereocenters. The van der Waals surface area contributed by atoms with Gasteiger partial charge in [0.25, 0.3) is 0 Å². The summed E-state index contributed by atoms with van der Waals surface area (Å²) in [5.74, 6) is 0.683. The molecule has 2 rings (SSSR count). The zero-order chi connectivity index (χ0) is 13.1. The number of nitrogens with zero attached hydrogens (tertiary/aromatic N) is 4. The van der Waals surface area contributed by atoms with Gasteiger partial charge in [-0.3, -0.25) is 0 Å². The zero-order valence-electron chi connectivity index (χ0n) is 10.6. The van der Waals surface area contributed by atoms with E-state index in [0.29, 0.717) is 17.2 Å². The van der Waals surface area contributed by atoms with Gasteiger partial charge < -0.3 is 11.1 Å². The third-order valence-corrected chi connectivity index (χ3v) is 3.34. The molecule has 0 radical (unpaired) electrons. The number of alkyl halides is 1. The summed E-state index contributed by atoms with van der Waals surface area (Å²) in [6, 6.07) is 0. The van der Waals surface area contributed by atoms with Crippen molar-refractivity contribution in [3.63, 3.8) is 0 Å². The van der Waals surface area contributed by atoms with Crippen molar-refractivity contribution in [2.45, 2.75) is 26.7 Å².